The molecule has 0 N–H and O–H groups in total. The molecule has 0 unspecified atom stereocenters. The van der Waals surface area contributed by atoms with Crippen molar-refractivity contribution in [2.24, 2.45) is 5.92 Å². The number of nitrogens with zero attached hydrogens (tertiary/aromatic N) is 2. The summed E-state index contributed by atoms with van der Waals surface area (Å²) in [5.41, 5.74) is 0.132. The zero-order chi connectivity index (χ0) is 18.9. The first-order valence-corrected chi connectivity index (χ1v) is 10.1. The summed E-state index contributed by atoms with van der Waals surface area (Å²) in [4.78, 5) is 28.7. The third-order valence-corrected chi connectivity index (χ3v) is 6.31. The topological polar surface area (TPSA) is 49.9 Å². The monoisotopic (exact) mass is 374 g/mol. The van der Waals surface area contributed by atoms with Crippen molar-refractivity contribution in [2.45, 2.75) is 50.5 Å². The number of carbonyl (C=O) groups excluding carboxylic acids is 2. The summed E-state index contributed by atoms with van der Waals surface area (Å²) < 4.78 is 19.5. The zero-order valence-corrected chi connectivity index (χ0v) is 15.7. The van der Waals surface area contributed by atoms with Crippen molar-refractivity contribution < 1.29 is 18.7 Å². The highest BCUT2D eigenvalue weighted by Crippen LogP contribution is 2.34. The van der Waals surface area contributed by atoms with Gasteiger partial charge in [-0.1, -0.05) is 25.3 Å². The van der Waals surface area contributed by atoms with Crippen molar-refractivity contribution >= 4 is 17.5 Å². The van der Waals surface area contributed by atoms with Gasteiger partial charge in [0, 0.05) is 24.7 Å². The van der Waals surface area contributed by atoms with Gasteiger partial charge in [-0.2, -0.15) is 0 Å². The lowest BCUT2D eigenvalue weighted by Gasteiger charge is -2.47. The van der Waals surface area contributed by atoms with E-state index >= 15 is 0 Å². The maximum atomic E-state index is 13.6. The molecule has 1 aliphatic carbocycles. The third-order valence-electron chi connectivity index (χ3n) is 6.31. The van der Waals surface area contributed by atoms with E-state index in [0.717, 1.165) is 25.7 Å². The Morgan fingerprint density at radius 3 is 2.59 bits per heavy atom. The lowest BCUT2D eigenvalue weighted by Crippen LogP contribution is -2.59. The molecule has 3 fully saturated rings. The van der Waals surface area contributed by atoms with Gasteiger partial charge in [0.05, 0.1) is 12.1 Å². The van der Waals surface area contributed by atoms with Gasteiger partial charge in [-0.3, -0.25) is 9.59 Å². The van der Waals surface area contributed by atoms with Crippen LogP contribution in [-0.4, -0.2) is 48.6 Å². The fourth-order valence-electron chi connectivity index (χ4n) is 4.64. The van der Waals surface area contributed by atoms with Gasteiger partial charge in [-0.05, 0) is 43.9 Å². The van der Waals surface area contributed by atoms with Gasteiger partial charge in [0.1, 0.15) is 12.4 Å². The first-order valence-electron chi connectivity index (χ1n) is 10.1. The molecule has 4 rings (SSSR count). The van der Waals surface area contributed by atoms with Crippen molar-refractivity contribution in [3.63, 3.8) is 0 Å². The van der Waals surface area contributed by atoms with Crippen LogP contribution in [-0.2, 0) is 14.3 Å². The molecule has 146 valence electrons. The average Bonchev–Trinajstić information content (AvgIpc) is 2.71. The maximum absolute atomic E-state index is 13.6. The van der Waals surface area contributed by atoms with Crippen LogP contribution >= 0.6 is 0 Å². The lowest BCUT2D eigenvalue weighted by atomic mass is 9.85. The third kappa shape index (κ3) is 3.86. The standard InChI is InChI=1S/C21H27FN2O3/c22-17-7-4-8-18(13-17)24-15-21(27-14-19(24)25)9-11-23(12-10-21)20(26)16-5-2-1-3-6-16/h4,7-8,13,16H,1-3,5-6,9-12,14-15H2. The summed E-state index contributed by atoms with van der Waals surface area (Å²) in [6.45, 7) is 1.76. The Morgan fingerprint density at radius 2 is 1.89 bits per heavy atom. The minimum Gasteiger partial charge on any atom is -0.363 e. The quantitative estimate of drug-likeness (QED) is 0.799. The first kappa shape index (κ1) is 18.4. The number of benzene rings is 1. The van der Waals surface area contributed by atoms with Crippen molar-refractivity contribution in [3.8, 4) is 0 Å². The van der Waals surface area contributed by atoms with E-state index in [1.807, 2.05) is 4.90 Å². The number of amides is 2. The number of carbonyl (C=O) groups is 2. The fourth-order valence-corrected chi connectivity index (χ4v) is 4.64. The molecule has 5 nitrogen and oxygen atoms in total. The number of piperidine rings is 1. The second-order valence-corrected chi connectivity index (χ2v) is 8.09. The highest BCUT2D eigenvalue weighted by atomic mass is 19.1. The van der Waals surface area contributed by atoms with Crippen molar-refractivity contribution in [1.82, 2.24) is 4.90 Å². The number of ether oxygens (including phenoxy) is 1. The van der Waals surface area contributed by atoms with E-state index in [2.05, 4.69) is 0 Å². The summed E-state index contributed by atoms with van der Waals surface area (Å²) in [5, 5.41) is 0. The Labute approximate surface area is 159 Å². The molecule has 0 radical (unpaired) electrons. The van der Waals surface area contributed by atoms with E-state index in [-0.39, 0.29) is 24.2 Å². The van der Waals surface area contributed by atoms with E-state index in [9.17, 15) is 14.0 Å². The number of likely N-dealkylation sites (tertiary alicyclic amines) is 1. The van der Waals surface area contributed by atoms with Crippen LogP contribution in [0.25, 0.3) is 0 Å². The van der Waals surface area contributed by atoms with E-state index in [1.165, 1.54) is 18.6 Å². The van der Waals surface area contributed by atoms with Crippen LogP contribution in [0.5, 0.6) is 0 Å². The minimum atomic E-state index is -0.441. The predicted molar refractivity (Wildman–Crippen MR) is 99.8 cm³/mol. The first-order chi connectivity index (χ1) is 13.1. The molecule has 0 atom stereocenters. The predicted octanol–water partition coefficient (Wildman–Crippen LogP) is 3.13. The molecule has 1 aromatic rings. The average molecular weight is 374 g/mol. The molecule has 2 amide bonds. The Balaban J connectivity index is 1.41. The van der Waals surface area contributed by atoms with Gasteiger partial charge in [0.2, 0.25) is 5.91 Å². The molecule has 1 spiro atoms. The summed E-state index contributed by atoms with van der Waals surface area (Å²) in [7, 11) is 0. The van der Waals surface area contributed by atoms with E-state index < -0.39 is 5.60 Å². The van der Waals surface area contributed by atoms with Crippen LogP contribution in [0, 0.1) is 11.7 Å². The van der Waals surface area contributed by atoms with Crippen molar-refractivity contribution in [2.75, 3.05) is 31.1 Å². The largest absolute Gasteiger partial charge is 0.363 e. The van der Waals surface area contributed by atoms with Crippen LogP contribution in [0.1, 0.15) is 44.9 Å². The molecule has 0 aromatic heterocycles. The Bertz CT molecular complexity index is 709. The van der Waals surface area contributed by atoms with Gasteiger partial charge < -0.3 is 14.5 Å². The zero-order valence-electron chi connectivity index (χ0n) is 15.7. The number of anilines is 1. The van der Waals surface area contributed by atoms with Crippen LogP contribution in [0.4, 0.5) is 10.1 Å². The molecule has 2 saturated heterocycles. The van der Waals surface area contributed by atoms with E-state index in [0.29, 0.717) is 44.1 Å². The molecule has 2 heterocycles. The molecule has 3 aliphatic rings. The summed E-state index contributed by atoms with van der Waals surface area (Å²) >= 11 is 0. The summed E-state index contributed by atoms with van der Waals surface area (Å²) in [5.74, 6) is -0.0236. The number of morpholine rings is 1. The smallest absolute Gasteiger partial charge is 0.253 e. The molecule has 27 heavy (non-hydrogen) atoms. The van der Waals surface area contributed by atoms with Gasteiger partial charge in [-0.25, -0.2) is 4.39 Å². The van der Waals surface area contributed by atoms with E-state index in [4.69, 9.17) is 4.74 Å². The number of halogens is 1. The maximum Gasteiger partial charge on any atom is 0.253 e. The molecule has 1 saturated carbocycles. The van der Waals surface area contributed by atoms with E-state index in [1.54, 1.807) is 17.0 Å². The normalized spacial score (nSPS) is 23.7. The van der Waals surface area contributed by atoms with Gasteiger partial charge >= 0.3 is 0 Å². The molecule has 0 bridgehead atoms. The van der Waals surface area contributed by atoms with Crippen LogP contribution < -0.4 is 4.90 Å². The number of rotatable bonds is 2. The summed E-state index contributed by atoms with van der Waals surface area (Å²) in [6, 6.07) is 6.13. The molecular formula is C21H27FN2O3. The molecule has 2 aliphatic heterocycles. The number of hydrogen-bond donors (Lipinski definition) is 0. The second-order valence-electron chi connectivity index (χ2n) is 8.09. The highest BCUT2D eigenvalue weighted by molar-refractivity contribution is 5.95. The SMILES string of the molecule is O=C(C1CCCCC1)N1CCC2(CC1)CN(c1cccc(F)c1)C(=O)CO2. The lowest BCUT2D eigenvalue weighted by molar-refractivity contribution is -0.152. The fraction of sp³-hybridized carbons (Fsp3) is 0.619. The number of hydrogen-bond acceptors (Lipinski definition) is 3. The van der Waals surface area contributed by atoms with Gasteiger partial charge in [-0.15, -0.1) is 0 Å². The molecule has 1 aromatic carbocycles. The van der Waals surface area contributed by atoms with Crippen LogP contribution in [0.15, 0.2) is 24.3 Å². The second kappa shape index (κ2) is 7.58. The van der Waals surface area contributed by atoms with Crippen LogP contribution in [0.3, 0.4) is 0 Å². The van der Waals surface area contributed by atoms with Gasteiger partial charge in [0.25, 0.3) is 5.91 Å². The van der Waals surface area contributed by atoms with Crippen molar-refractivity contribution in [1.29, 1.82) is 0 Å². The van der Waals surface area contributed by atoms with Crippen LogP contribution in [0.2, 0.25) is 0 Å². The molecular weight excluding hydrogens is 347 g/mol. The Hall–Kier alpha value is -1.95. The van der Waals surface area contributed by atoms with Crippen molar-refractivity contribution in [3.05, 3.63) is 30.1 Å². The van der Waals surface area contributed by atoms with Gasteiger partial charge in [0.15, 0.2) is 0 Å². The Morgan fingerprint density at radius 1 is 1.15 bits per heavy atom. The molecule has 6 heteroatoms. The summed E-state index contributed by atoms with van der Waals surface area (Å²) in [6.07, 6.45) is 7.00. The highest BCUT2D eigenvalue weighted by Gasteiger charge is 2.44. The minimum absolute atomic E-state index is 0.00703. The Kier molecular flexibility index (Phi) is 5.17.